The maximum Gasteiger partial charge on any atom is 0.328 e. The smallest absolute Gasteiger partial charge is 0.328 e. The average molecular weight is 329 g/mol. The Morgan fingerprint density at radius 3 is 2.54 bits per heavy atom. The quantitative estimate of drug-likeness (QED) is 0.920. The monoisotopic (exact) mass is 329 g/mol. The van der Waals surface area contributed by atoms with E-state index in [9.17, 15) is 14.7 Å². The lowest BCUT2D eigenvalue weighted by Crippen LogP contribution is -2.52. The molecule has 1 unspecified atom stereocenters. The molecule has 7 nitrogen and oxygen atoms in total. The van der Waals surface area contributed by atoms with Crippen molar-refractivity contribution in [3.05, 3.63) is 47.3 Å². The first-order chi connectivity index (χ1) is 11.5. The molecule has 1 amide bonds. The lowest BCUT2D eigenvalue weighted by molar-refractivity contribution is -0.147. The van der Waals surface area contributed by atoms with Gasteiger partial charge in [0.05, 0.1) is 24.6 Å². The summed E-state index contributed by atoms with van der Waals surface area (Å²) in [6.45, 7) is 4.52. The second-order valence-electron chi connectivity index (χ2n) is 5.81. The first-order valence-corrected chi connectivity index (χ1v) is 7.72. The number of aromatic nitrogens is 2. The third-order valence-electron chi connectivity index (χ3n) is 4.04. The molecule has 2 aromatic rings. The second-order valence-corrected chi connectivity index (χ2v) is 5.81. The molecule has 0 radical (unpaired) electrons. The number of carboxylic acid groups (broad SMARTS) is 1. The van der Waals surface area contributed by atoms with Gasteiger partial charge in [0.2, 0.25) is 0 Å². The van der Waals surface area contributed by atoms with E-state index in [1.807, 2.05) is 32.0 Å². The minimum Gasteiger partial charge on any atom is -0.480 e. The van der Waals surface area contributed by atoms with Crippen molar-refractivity contribution in [1.29, 1.82) is 0 Å². The topological polar surface area (TPSA) is 84.7 Å². The molecule has 1 saturated heterocycles. The standard InChI is InChI=1S/C17H19N3O4/c1-11-9-12(2)20(18-11)14-5-3-13(4-6-14)16(21)19-7-8-24-10-15(19)17(22)23/h3-6,9,15H,7-8,10H2,1-2H3,(H,22,23). The van der Waals surface area contributed by atoms with Crippen molar-refractivity contribution >= 4 is 11.9 Å². The average Bonchev–Trinajstić information content (AvgIpc) is 2.92. The minimum absolute atomic E-state index is 0.0188. The van der Waals surface area contributed by atoms with Crippen molar-refractivity contribution < 1.29 is 19.4 Å². The van der Waals surface area contributed by atoms with Crippen LogP contribution in [0.4, 0.5) is 0 Å². The van der Waals surface area contributed by atoms with Crippen LogP contribution in [0.1, 0.15) is 21.7 Å². The van der Waals surface area contributed by atoms with Gasteiger partial charge in [0.25, 0.3) is 5.91 Å². The summed E-state index contributed by atoms with van der Waals surface area (Å²) in [6, 6.07) is 8.04. The number of aryl methyl sites for hydroxylation is 2. The third-order valence-corrected chi connectivity index (χ3v) is 4.04. The summed E-state index contributed by atoms with van der Waals surface area (Å²) in [6.07, 6.45) is 0. The van der Waals surface area contributed by atoms with E-state index in [4.69, 9.17) is 4.74 Å². The molecule has 1 aromatic carbocycles. The van der Waals surface area contributed by atoms with E-state index < -0.39 is 12.0 Å². The molecule has 1 aliphatic rings. The summed E-state index contributed by atoms with van der Waals surface area (Å²) in [5.41, 5.74) is 3.23. The Kier molecular flexibility index (Phi) is 4.35. The van der Waals surface area contributed by atoms with Crippen LogP contribution in [0.2, 0.25) is 0 Å². The van der Waals surface area contributed by atoms with Gasteiger partial charge >= 0.3 is 5.97 Å². The van der Waals surface area contributed by atoms with E-state index in [2.05, 4.69) is 5.10 Å². The van der Waals surface area contributed by atoms with Crippen LogP contribution >= 0.6 is 0 Å². The minimum atomic E-state index is -1.05. The molecule has 1 fully saturated rings. The van der Waals surface area contributed by atoms with Gasteiger partial charge in [-0.05, 0) is 44.2 Å². The van der Waals surface area contributed by atoms with Gasteiger partial charge in [0, 0.05) is 17.8 Å². The Hall–Kier alpha value is -2.67. The highest BCUT2D eigenvalue weighted by Gasteiger charge is 2.33. The largest absolute Gasteiger partial charge is 0.480 e. The van der Waals surface area contributed by atoms with Crippen molar-refractivity contribution in [2.24, 2.45) is 0 Å². The first kappa shape index (κ1) is 16.2. The summed E-state index contributed by atoms with van der Waals surface area (Å²) in [4.78, 5) is 25.3. The van der Waals surface area contributed by atoms with E-state index in [-0.39, 0.29) is 19.1 Å². The molecule has 24 heavy (non-hydrogen) atoms. The van der Waals surface area contributed by atoms with Crippen LogP contribution in [0.5, 0.6) is 0 Å². The van der Waals surface area contributed by atoms with Gasteiger partial charge in [-0.15, -0.1) is 0 Å². The molecular formula is C17H19N3O4. The number of aliphatic carboxylic acids is 1. The van der Waals surface area contributed by atoms with Gasteiger partial charge in [-0.1, -0.05) is 0 Å². The highest BCUT2D eigenvalue weighted by Crippen LogP contribution is 2.16. The summed E-state index contributed by atoms with van der Waals surface area (Å²) < 4.78 is 6.97. The van der Waals surface area contributed by atoms with Gasteiger partial charge in [0.1, 0.15) is 0 Å². The number of carboxylic acids is 1. The number of carbonyl (C=O) groups excluding carboxylic acids is 1. The molecule has 2 heterocycles. The molecule has 126 valence electrons. The first-order valence-electron chi connectivity index (χ1n) is 7.72. The van der Waals surface area contributed by atoms with Crippen LogP contribution in [0.3, 0.4) is 0 Å². The molecule has 0 spiro atoms. The van der Waals surface area contributed by atoms with E-state index in [0.717, 1.165) is 17.1 Å². The molecule has 3 rings (SSSR count). The lowest BCUT2D eigenvalue weighted by atomic mass is 10.1. The fourth-order valence-corrected chi connectivity index (χ4v) is 2.85. The molecule has 1 aromatic heterocycles. The molecule has 7 heteroatoms. The molecule has 1 N–H and O–H groups in total. The number of hydrogen-bond donors (Lipinski definition) is 1. The Morgan fingerprint density at radius 2 is 1.96 bits per heavy atom. The predicted molar refractivity (Wildman–Crippen MR) is 86.3 cm³/mol. The Bertz CT molecular complexity index is 767. The lowest BCUT2D eigenvalue weighted by Gasteiger charge is -2.32. The SMILES string of the molecule is Cc1cc(C)n(-c2ccc(C(=O)N3CCOCC3C(=O)O)cc2)n1. The third kappa shape index (κ3) is 3.03. The zero-order valence-corrected chi connectivity index (χ0v) is 13.6. The number of hydrogen-bond acceptors (Lipinski definition) is 4. The molecule has 0 saturated carbocycles. The number of carbonyl (C=O) groups is 2. The fraction of sp³-hybridized carbons (Fsp3) is 0.353. The molecule has 1 atom stereocenters. The second kappa shape index (κ2) is 6.45. The van der Waals surface area contributed by atoms with E-state index >= 15 is 0 Å². The number of nitrogens with zero attached hydrogens (tertiary/aromatic N) is 3. The maximum absolute atomic E-state index is 12.6. The number of benzene rings is 1. The van der Waals surface area contributed by atoms with E-state index in [1.165, 1.54) is 4.90 Å². The van der Waals surface area contributed by atoms with Crippen LogP contribution in [0, 0.1) is 13.8 Å². The van der Waals surface area contributed by atoms with Gasteiger partial charge in [-0.25, -0.2) is 9.48 Å². The number of amides is 1. The predicted octanol–water partition coefficient (Wildman–Crippen LogP) is 1.41. The number of ether oxygens (including phenoxy) is 1. The van der Waals surface area contributed by atoms with Crippen LogP contribution in [-0.4, -0.2) is 57.5 Å². The van der Waals surface area contributed by atoms with Crippen LogP contribution in [-0.2, 0) is 9.53 Å². The zero-order valence-electron chi connectivity index (χ0n) is 13.6. The maximum atomic E-state index is 12.6. The van der Waals surface area contributed by atoms with Gasteiger partial charge in [-0.2, -0.15) is 5.10 Å². The van der Waals surface area contributed by atoms with Crippen molar-refractivity contribution in [2.75, 3.05) is 19.8 Å². The van der Waals surface area contributed by atoms with Crippen molar-refractivity contribution in [1.82, 2.24) is 14.7 Å². The van der Waals surface area contributed by atoms with Crippen LogP contribution in [0.15, 0.2) is 30.3 Å². The van der Waals surface area contributed by atoms with E-state index in [1.54, 1.807) is 16.8 Å². The normalized spacial score (nSPS) is 17.8. The van der Waals surface area contributed by atoms with E-state index in [0.29, 0.717) is 12.2 Å². The summed E-state index contributed by atoms with van der Waals surface area (Å²) >= 11 is 0. The Morgan fingerprint density at radius 1 is 1.25 bits per heavy atom. The number of rotatable bonds is 3. The zero-order chi connectivity index (χ0) is 17.3. The van der Waals surface area contributed by atoms with Crippen LogP contribution in [0.25, 0.3) is 5.69 Å². The van der Waals surface area contributed by atoms with Gasteiger partial charge < -0.3 is 14.7 Å². The summed E-state index contributed by atoms with van der Waals surface area (Å²) in [5, 5.41) is 13.7. The number of morpholine rings is 1. The van der Waals surface area contributed by atoms with Gasteiger partial charge in [0.15, 0.2) is 6.04 Å². The summed E-state index contributed by atoms with van der Waals surface area (Å²) in [7, 11) is 0. The van der Waals surface area contributed by atoms with Crippen molar-refractivity contribution in [2.45, 2.75) is 19.9 Å². The van der Waals surface area contributed by atoms with Crippen molar-refractivity contribution in [3.8, 4) is 5.69 Å². The molecule has 1 aliphatic heterocycles. The van der Waals surface area contributed by atoms with Crippen molar-refractivity contribution in [3.63, 3.8) is 0 Å². The Labute approximate surface area is 139 Å². The molecule has 0 bridgehead atoms. The summed E-state index contributed by atoms with van der Waals surface area (Å²) in [5.74, 6) is -1.35. The molecule has 0 aliphatic carbocycles. The van der Waals surface area contributed by atoms with Gasteiger partial charge in [-0.3, -0.25) is 4.79 Å². The van der Waals surface area contributed by atoms with Crippen LogP contribution < -0.4 is 0 Å². The molecular weight excluding hydrogens is 310 g/mol. The highest BCUT2D eigenvalue weighted by molar-refractivity contribution is 5.97. The Balaban J connectivity index is 1.83. The highest BCUT2D eigenvalue weighted by atomic mass is 16.5. The fourth-order valence-electron chi connectivity index (χ4n) is 2.85.